The van der Waals surface area contributed by atoms with Crippen molar-refractivity contribution in [3.63, 3.8) is 0 Å². The number of ether oxygens (including phenoxy) is 1. The van der Waals surface area contributed by atoms with Gasteiger partial charge in [0.15, 0.2) is 0 Å². The highest BCUT2D eigenvalue weighted by Gasteiger charge is 2.10. The second-order valence-corrected chi connectivity index (χ2v) is 3.34. The number of hydrogen-bond donors (Lipinski definition) is 0. The van der Waals surface area contributed by atoms with E-state index in [2.05, 4.69) is 13.8 Å². The average molecular weight is 172 g/mol. The molecule has 2 nitrogen and oxygen atoms in total. The van der Waals surface area contributed by atoms with Gasteiger partial charge in [0.25, 0.3) is 0 Å². The van der Waals surface area contributed by atoms with Gasteiger partial charge in [-0.3, -0.25) is 0 Å². The SMILES string of the molecule is CCOCCC(C)C(C)CC=O. The molecule has 2 atom stereocenters. The summed E-state index contributed by atoms with van der Waals surface area (Å²) in [5, 5.41) is 0. The quantitative estimate of drug-likeness (QED) is 0.435. The highest BCUT2D eigenvalue weighted by molar-refractivity contribution is 5.49. The van der Waals surface area contributed by atoms with Crippen LogP contribution < -0.4 is 0 Å². The van der Waals surface area contributed by atoms with Crippen LogP contribution in [0.5, 0.6) is 0 Å². The Kier molecular flexibility index (Phi) is 7.06. The highest BCUT2D eigenvalue weighted by Crippen LogP contribution is 2.17. The van der Waals surface area contributed by atoms with Crippen LogP contribution in [0.3, 0.4) is 0 Å². The average Bonchev–Trinajstić information content (AvgIpc) is 2.05. The molecule has 0 amide bonds. The van der Waals surface area contributed by atoms with E-state index < -0.39 is 0 Å². The van der Waals surface area contributed by atoms with Gasteiger partial charge in [-0.25, -0.2) is 0 Å². The summed E-state index contributed by atoms with van der Waals surface area (Å²) in [6.45, 7) is 7.90. The predicted octanol–water partition coefficient (Wildman–Crippen LogP) is 2.27. The molecule has 0 radical (unpaired) electrons. The fraction of sp³-hybridized carbons (Fsp3) is 0.900. The minimum Gasteiger partial charge on any atom is -0.382 e. The van der Waals surface area contributed by atoms with E-state index in [1.165, 1.54) is 0 Å². The van der Waals surface area contributed by atoms with Gasteiger partial charge in [0.2, 0.25) is 0 Å². The van der Waals surface area contributed by atoms with Gasteiger partial charge in [-0.1, -0.05) is 13.8 Å². The summed E-state index contributed by atoms with van der Waals surface area (Å²) in [7, 11) is 0. The summed E-state index contributed by atoms with van der Waals surface area (Å²) in [5.41, 5.74) is 0. The molecule has 0 saturated carbocycles. The summed E-state index contributed by atoms with van der Waals surface area (Å²) in [5.74, 6) is 1.07. The first-order chi connectivity index (χ1) is 5.72. The van der Waals surface area contributed by atoms with E-state index in [1.54, 1.807) is 0 Å². The van der Waals surface area contributed by atoms with Crippen LogP contribution in [0.15, 0.2) is 0 Å². The Bertz CT molecular complexity index is 112. The van der Waals surface area contributed by atoms with Crippen LogP contribution in [-0.2, 0) is 9.53 Å². The molecule has 2 heteroatoms. The molecule has 12 heavy (non-hydrogen) atoms. The summed E-state index contributed by atoms with van der Waals surface area (Å²) in [6, 6.07) is 0. The molecule has 0 aromatic heterocycles. The van der Waals surface area contributed by atoms with Crippen molar-refractivity contribution >= 4 is 6.29 Å². The van der Waals surface area contributed by atoms with Gasteiger partial charge in [0.1, 0.15) is 6.29 Å². The summed E-state index contributed by atoms with van der Waals surface area (Å²) in [4.78, 5) is 10.2. The number of aldehydes is 1. The van der Waals surface area contributed by atoms with Crippen LogP contribution in [-0.4, -0.2) is 19.5 Å². The molecule has 0 aliphatic rings. The van der Waals surface area contributed by atoms with Crippen LogP contribution in [0.2, 0.25) is 0 Å². The highest BCUT2D eigenvalue weighted by atomic mass is 16.5. The molecule has 0 heterocycles. The first-order valence-corrected chi connectivity index (χ1v) is 4.73. The molecule has 0 aromatic rings. The van der Waals surface area contributed by atoms with Crippen LogP contribution in [0.25, 0.3) is 0 Å². The monoisotopic (exact) mass is 172 g/mol. The number of carbonyl (C=O) groups is 1. The fourth-order valence-corrected chi connectivity index (χ4v) is 1.08. The Morgan fingerprint density at radius 2 is 2.00 bits per heavy atom. The first kappa shape index (κ1) is 11.6. The Balaban J connectivity index is 3.41. The Hall–Kier alpha value is -0.370. The summed E-state index contributed by atoms with van der Waals surface area (Å²) >= 11 is 0. The zero-order valence-corrected chi connectivity index (χ0v) is 8.38. The number of carbonyl (C=O) groups excluding carboxylic acids is 1. The molecule has 0 aliphatic carbocycles. The third kappa shape index (κ3) is 5.30. The first-order valence-electron chi connectivity index (χ1n) is 4.73. The van der Waals surface area contributed by atoms with Crippen molar-refractivity contribution in [1.82, 2.24) is 0 Å². The summed E-state index contributed by atoms with van der Waals surface area (Å²) in [6.07, 6.45) is 2.73. The maximum absolute atomic E-state index is 10.2. The molecule has 0 spiro atoms. The van der Waals surface area contributed by atoms with E-state index >= 15 is 0 Å². The molecule has 0 aliphatic heterocycles. The van der Waals surface area contributed by atoms with Gasteiger partial charge in [0.05, 0.1) is 0 Å². The summed E-state index contributed by atoms with van der Waals surface area (Å²) < 4.78 is 5.24. The van der Waals surface area contributed by atoms with Gasteiger partial charge >= 0.3 is 0 Å². The van der Waals surface area contributed by atoms with Crippen molar-refractivity contribution in [2.24, 2.45) is 11.8 Å². The van der Waals surface area contributed by atoms with Crippen LogP contribution in [0.1, 0.15) is 33.6 Å². The van der Waals surface area contributed by atoms with E-state index in [4.69, 9.17) is 4.74 Å². The maximum Gasteiger partial charge on any atom is 0.120 e. The smallest absolute Gasteiger partial charge is 0.120 e. The van der Waals surface area contributed by atoms with Crippen molar-refractivity contribution in [1.29, 1.82) is 0 Å². The molecule has 0 bridgehead atoms. The second-order valence-electron chi connectivity index (χ2n) is 3.34. The normalized spacial score (nSPS) is 15.6. The lowest BCUT2D eigenvalue weighted by Gasteiger charge is -2.16. The Labute approximate surface area is 75.3 Å². The lowest BCUT2D eigenvalue weighted by Crippen LogP contribution is -2.11. The van der Waals surface area contributed by atoms with Crippen LogP contribution in [0, 0.1) is 11.8 Å². The van der Waals surface area contributed by atoms with Crippen LogP contribution in [0.4, 0.5) is 0 Å². The van der Waals surface area contributed by atoms with E-state index in [1.807, 2.05) is 6.92 Å². The molecule has 0 fully saturated rings. The topological polar surface area (TPSA) is 26.3 Å². The van der Waals surface area contributed by atoms with Gasteiger partial charge < -0.3 is 9.53 Å². The van der Waals surface area contributed by atoms with Gasteiger partial charge in [-0.05, 0) is 25.2 Å². The maximum atomic E-state index is 10.2. The standard InChI is InChI=1S/C10H20O2/c1-4-12-8-6-10(3)9(2)5-7-11/h7,9-10H,4-6,8H2,1-3H3. The Morgan fingerprint density at radius 3 is 2.50 bits per heavy atom. The fourth-order valence-electron chi connectivity index (χ4n) is 1.08. The largest absolute Gasteiger partial charge is 0.382 e. The molecule has 72 valence electrons. The molecule has 0 aromatic carbocycles. The number of hydrogen-bond acceptors (Lipinski definition) is 2. The van der Waals surface area contributed by atoms with Crippen molar-refractivity contribution in [2.75, 3.05) is 13.2 Å². The molecule has 0 saturated heterocycles. The van der Waals surface area contributed by atoms with Gasteiger partial charge in [-0.2, -0.15) is 0 Å². The van der Waals surface area contributed by atoms with Crippen LogP contribution >= 0.6 is 0 Å². The molecule has 2 unspecified atom stereocenters. The zero-order valence-electron chi connectivity index (χ0n) is 8.38. The predicted molar refractivity (Wildman–Crippen MR) is 50.1 cm³/mol. The number of rotatable bonds is 7. The third-order valence-electron chi connectivity index (χ3n) is 2.36. The third-order valence-corrected chi connectivity index (χ3v) is 2.36. The molecular weight excluding hydrogens is 152 g/mol. The zero-order chi connectivity index (χ0) is 9.40. The molecule has 0 N–H and O–H groups in total. The minimum atomic E-state index is 0.489. The lowest BCUT2D eigenvalue weighted by molar-refractivity contribution is -0.108. The molecular formula is C10H20O2. The molecule has 0 rings (SSSR count). The Morgan fingerprint density at radius 1 is 1.33 bits per heavy atom. The second kappa shape index (κ2) is 7.29. The van der Waals surface area contributed by atoms with E-state index in [-0.39, 0.29) is 0 Å². The van der Waals surface area contributed by atoms with Crippen molar-refractivity contribution < 1.29 is 9.53 Å². The lowest BCUT2D eigenvalue weighted by atomic mass is 9.91. The van der Waals surface area contributed by atoms with E-state index in [0.29, 0.717) is 18.3 Å². The van der Waals surface area contributed by atoms with Gasteiger partial charge in [0, 0.05) is 19.6 Å². The van der Waals surface area contributed by atoms with Crippen molar-refractivity contribution in [3.05, 3.63) is 0 Å². The van der Waals surface area contributed by atoms with Crippen molar-refractivity contribution in [3.8, 4) is 0 Å². The minimum absolute atomic E-state index is 0.489. The van der Waals surface area contributed by atoms with E-state index in [0.717, 1.165) is 25.9 Å². The van der Waals surface area contributed by atoms with Gasteiger partial charge in [-0.15, -0.1) is 0 Å². The van der Waals surface area contributed by atoms with Crippen molar-refractivity contribution in [2.45, 2.75) is 33.6 Å². The van der Waals surface area contributed by atoms with E-state index in [9.17, 15) is 4.79 Å².